The van der Waals surface area contributed by atoms with Gasteiger partial charge in [0.15, 0.2) is 0 Å². The number of ether oxygens (including phenoxy) is 1. The smallest absolute Gasteiger partial charge is 0.335 e. The number of carbonyl (C=O) groups excluding carboxylic acids is 1. The lowest BCUT2D eigenvalue weighted by Crippen LogP contribution is -2.02. The van der Waals surface area contributed by atoms with Crippen molar-refractivity contribution in [1.29, 1.82) is 0 Å². The highest BCUT2D eigenvalue weighted by molar-refractivity contribution is 5.99. The molecule has 0 radical (unpaired) electrons. The van der Waals surface area contributed by atoms with E-state index in [-0.39, 0.29) is 0 Å². The second kappa shape index (κ2) is 13.4. The van der Waals surface area contributed by atoms with E-state index in [0.717, 1.165) is 95.4 Å². The predicted octanol–water partition coefficient (Wildman–Crippen LogP) is 11.4. The Morgan fingerprint density at radius 3 is 1.09 bits per heavy atom. The number of H-pyrrole nitrogens is 2. The molecule has 0 saturated carbocycles. The molecule has 0 atom stereocenters. The number of nitrogens with one attached hydrogen (secondary N) is 2. The lowest BCUT2D eigenvalue weighted by molar-refractivity contribution is -0.128. The summed E-state index contributed by atoms with van der Waals surface area (Å²) in [4.78, 5) is 30.2. The SMILES string of the molecule is C=CC(=O)Oc1ccc(-c2c3nc(c(-c4ccccc4)c4ccc([nH]4)c(-c4ccccc4)c4nc(c(-c5ccccc5)c5ccc2[nH]5)C=C4)C=C3)cc1. The molecule has 252 valence electrons. The van der Waals surface area contributed by atoms with Crippen molar-refractivity contribution in [3.8, 4) is 50.3 Å². The van der Waals surface area contributed by atoms with Crippen LogP contribution in [0, 0.1) is 0 Å². The van der Waals surface area contributed by atoms with E-state index in [2.05, 4.69) is 114 Å². The van der Waals surface area contributed by atoms with Crippen LogP contribution in [0.1, 0.15) is 22.8 Å². The third-order valence-electron chi connectivity index (χ3n) is 9.47. The molecule has 0 aliphatic carbocycles. The fraction of sp³-hybridized carbons (Fsp3) is 0. The van der Waals surface area contributed by atoms with Crippen molar-refractivity contribution in [3.63, 3.8) is 0 Å². The Labute approximate surface area is 306 Å². The molecule has 0 saturated heterocycles. The maximum Gasteiger partial charge on any atom is 0.335 e. The molecule has 2 aliphatic heterocycles. The summed E-state index contributed by atoms with van der Waals surface area (Å²) in [5, 5.41) is 0. The van der Waals surface area contributed by atoms with Crippen molar-refractivity contribution in [1.82, 2.24) is 19.9 Å². The van der Waals surface area contributed by atoms with Crippen LogP contribution < -0.4 is 4.74 Å². The average Bonchev–Trinajstić information content (AvgIpc) is 4.05. The lowest BCUT2D eigenvalue weighted by atomic mass is 10.0. The Morgan fingerprint density at radius 1 is 0.453 bits per heavy atom. The number of hydrogen-bond acceptors (Lipinski definition) is 4. The summed E-state index contributed by atoms with van der Waals surface area (Å²) in [6.45, 7) is 3.52. The summed E-state index contributed by atoms with van der Waals surface area (Å²) in [6, 6.07) is 47.0. The van der Waals surface area contributed by atoms with E-state index < -0.39 is 5.97 Å². The number of hydrogen-bond donors (Lipinski definition) is 2. The Kier molecular flexibility index (Phi) is 8.02. The molecule has 0 fully saturated rings. The first-order valence-electron chi connectivity index (χ1n) is 17.4. The molecule has 6 nitrogen and oxygen atoms in total. The van der Waals surface area contributed by atoms with Crippen LogP contribution in [0.2, 0.25) is 0 Å². The first-order valence-corrected chi connectivity index (χ1v) is 17.4. The van der Waals surface area contributed by atoms with Crippen molar-refractivity contribution in [2.24, 2.45) is 0 Å². The molecule has 4 aromatic carbocycles. The standard InChI is InChI=1S/C47H32N4O2/c1-2-43(52)53-34-20-18-33(19-21-34)47-41-28-26-39(50-41)45(31-14-8-4-9-15-31)37-24-22-35(48-37)44(30-12-6-3-7-13-30)36-23-25-38(49-36)46(32-16-10-5-11-17-32)40-27-29-42(47)51-40/h2-29,48,51H,1H2. The van der Waals surface area contributed by atoms with Crippen LogP contribution in [-0.2, 0) is 4.79 Å². The van der Waals surface area contributed by atoms with Crippen LogP contribution in [0.15, 0.2) is 152 Å². The topological polar surface area (TPSA) is 83.7 Å². The Balaban J connectivity index is 1.42. The van der Waals surface area contributed by atoms with Gasteiger partial charge in [0, 0.05) is 50.4 Å². The summed E-state index contributed by atoms with van der Waals surface area (Å²) >= 11 is 0. The maximum absolute atomic E-state index is 11.9. The van der Waals surface area contributed by atoms with Gasteiger partial charge in [0.05, 0.1) is 22.8 Å². The number of carbonyl (C=O) groups is 1. The second-order valence-electron chi connectivity index (χ2n) is 12.8. The average molecular weight is 685 g/mol. The van der Waals surface area contributed by atoms with Crippen LogP contribution in [0.3, 0.4) is 0 Å². The van der Waals surface area contributed by atoms with E-state index >= 15 is 0 Å². The predicted molar refractivity (Wildman–Crippen MR) is 216 cm³/mol. The molecular formula is C47H32N4O2. The Hall–Kier alpha value is -7.31. The molecule has 2 aliphatic rings. The van der Waals surface area contributed by atoms with E-state index in [4.69, 9.17) is 14.7 Å². The third kappa shape index (κ3) is 5.98. The minimum absolute atomic E-state index is 0.433. The fourth-order valence-corrected chi connectivity index (χ4v) is 7.08. The van der Waals surface area contributed by atoms with Crippen molar-refractivity contribution in [3.05, 3.63) is 175 Å². The molecule has 0 unspecified atom stereocenters. The fourth-order valence-electron chi connectivity index (χ4n) is 7.08. The van der Waals surface area contributed by atoms with Gasteiger partial charge in [-0.25, -0.2) is 14.8 Å². The van der Waals surface area contributed by atoms with Gasteiger partial charge in [-0.1, -0.05) is 110 Å². The zero-order chi connectivity index (χ0) is 35.7. The van der Waals surface area contributed by atoms with E-state index in [0.29, 0.717) is 5.75 Å². The Bertz CT molecular complexity index is 2720. The molecule has 3 aromatic heterocycles. The molecule has 2 N–H and O–H groups in total. The number of nitrogens with zero attached hydrogens (tertiary/aromatic N) is 2. The number of fused-ring (bicyclic) bond motifs is 8. The quantitative estimate of drug-likeness (QED) is 0.104. The highest BCUT2D eigenvalue weighted by atomic mass is 16.5. The largest absolute Gasteiger partial charge is 0.423 e. The number of esters is 1. The van der Waals surface area contributed by atoms with Gasteiger partial charge in [0.25, 0.3) is 0 Å². The molecule has 6 heteroatoms. The molecule has 53 heavy (non-hydrogen) atoms. The van der Waals surface area contributed by atoms with Gasteiger partial charge in [-0.15, -0.1) is 0 Å². The van der Waals surface area contributed by atoms with Gasteiger partial charge >= 0.3 is 5.97 Å². The van der Waals surface area contributed by atoms with Crippen LogP contribution >= 0.6 is 0 Å². The van der Waals surface area contributed by atoms with Crippen molar-refractivity contribution in [2.45, 2.75) is 0 Å². The Morgan fingerprint density at radius 2 is 0.774 bits per heavy atom. The summed E-state index contributed by atoms with van der Waals surface area (Å²) in [7, 11) is 0. The second-order valence-corrected chi connectivity index (χ2v) is 12.8. The van der Waals surface area contributed by atoms with E-state index in [1.54, 1.807) is 12.1 Å². The van der Waals surface area contributed by atoms with Gasteiger partial charge in [-0.05, 0) is 83.0 Å². The third-order valence-corrected chi connectivity index (χ3v) is 9.47. The highest BCUT2D eigenvalue weighted by Gasteiger charge is 2.19. The summed E-state index contributed by atoms with van der Waals surface area (Å²) in [5.74, 6) is -0.0767. The molecule has 8 bridgehead atoms. The number of benzene rings is 4. The maximum atomic E-state index is 11.9. The first-order chi connectivity index (χ1) is 26.1. The summed E-state index contributed by atoms with van der Waals surface area (Å²) in [6.07, 6.45) is 9.50. The number of aromatic nitrogens is 4. The highest BCUT2D eigenvalue weighted by Crippen LogP contribution is 2.38. The van der Waals surface area contributed by atoms with Gasteiger partial charge in [0.2, 0.25) is 0 Å². The molecule has 0 spiro atoms. The van der Waals surface area contributed by atoms with E-state index in [1.165, 1.54) is 0 Å². The minimum atomic E-state index is -0.510. The van der Waals surface area contributed by atoms with Gasteiger partial charge in [-0.2, -0.15) is 0 Å². The van der Waals surface area contributed by atoms with Crippen LogP contribution in [0.25, 0.3) is 90.9 Å². The molecular weight excluding hydrogens is 653 g/mol. The minimum Gasteiger partial charge on any atom is -0.423 e. The monoisotopic (exact) mass is 684 g/mol. The zero-order valence-electron chi connectivity index (χ0n) is 28.6. The summed E-state index contributed by atoms with van der Waals surface area (Å²) < 4.78 is 5.40. The van der Waals surface area contributed by atoms with Crippen molar-refractivity contribution >= 4 is 52.3 Å². The number of aromatic amines is 2. The van der Waals surface area contributed by atoms with Crippen LogP contribution in [0.4, 0.5) is 0 Å². The van der Waals surface area contributed by atoms with Crippen molar-refractivity contribution in [2.75, 3.05) is 0 Å². The van der Waals surface area contributed by atoms with Crippen LogP contribution in [-0.4, -0.2) is 25.9 Å². The van der Waals surface area contributed by atoms with Crippen LogP contribution in [0.5, 0.6) is 5.75 Å². The lowest BCUT2D eigenvalue weighted by Gasteiger charge is -2.07. The van der Waals surface area contributed by atoms with E-state index in [1.807, 2.05) is 54.6 Å². The molecule has 9 rings (SSSR count). The van der Waals surface area contributed by atoms with Gasteiger partial charge < -0.3 is 14.7 Å². The van der Waals surface area contributed by atoms with Gasteiger partial charge in [0.1, 0.15) is 5.75 Å². The molecule has 5 heterocycles. The molecule has 7 aromatic rings. The summed E-state index contributed by atoms with van der Waals surface area (Å²) in [5.41, 5.74) is 15.0. The van der Waals surface area contributed by atoms with E-state index in [9.17, 15) is 4.79 Å². The molecule has 0 amide bonds. The number of rotatable bonds is 6. The van der Waals surface area contributed by atoms with Crippen molar-refractivity contribution < 1.29 is 9.53 Å². The van der Waals surface area contributed by atoms with Gasteiger partial charge in [-0.3, -0.25) is 0 Å². The zero-order valence-corrected chi connectivity index (χ0v) is 28.6. The first kappa shape index (κ1) is 31.7. The normalized spacial score (nSPS) is 11.8.